The van der Waals surface area contributed by atoms with Crippen LogP contribution in [0.4, 0.5) is 0 Å². The lowest BCUT2D eigenvalue weighted by atomic mass is 10.1. The average molecular weight is 193 g/mol. The minimum absolute atomic E-state index is 0.0147. The first-order valence-electron chi connectivity index (χ1n) is 4.71. The second kappa shape index (κ2) is 4.65. The Kier molecular flexibility index (Phi) is 3.51. The van der Waals surface area contributed by atoms with Gasteiger partial charge >= 0.3 is 0 Å². The van der Waals surface area contributed by atoms with E-state index < -0.39 is 0 Å². The van der Waals surface area contributed by atoms with Crippen LogP contribution in [-0.4, -0.2) is 11.0 Å². The molecule has 2 N–H and O–H groups in total. The summed E-state index contributed by atoms with van der Waals surface area (Å²) in [7, 11) is 0. The van der Waals surface area contributed by atoms with E-state index in [9.17, 15) is 9.90 Å². The molecule has 0 heterocycles. The first-order chi connectivity index (χ1) is 6.63. The van der Waals surface area contributed by atoms with Gasteiger partial charge in [-0.05, 0) is 24.6 Å². The molecule has 1 aromatic carbocycles. The molecule has 1 aromatic rings. The van der Waals surface area contributed by atoms with Crippen LogP contribution < -0.4 is 5.32 Å². The zero-order chi connectivity index (χ0) is 10.6. The quantitative estimate of drug-likeness (QED) is 0.771. The molecular formula is C11H15NO2. The third-order valence-electron chi connectivity index (χ3n) is 2.07. The molecule has 0 fully saturated rings. The van der Waals surface area contributed by atoms with Crippen LogP contribution in [0.2, 0.25) is 0 Å². The standard InChI is InChI=1S/C11H15NO2/c1-3-11(14)12-8(2)9-5-4-6-10(13)7-9/h4-8,13H,3H2,1-2H3,(H,12,14). The van der Waals surface area contributed by atoms with E-state index in [4.69, 9.17) is 0 Å². The smallest absolute Gasteiger partial charge is 0.220 e. The largest absolute Gasteiger partial charge is 0.508 e. The van der Waals surface area contributed by atoms with Crippen molar-refractivity contribution in [3.05, 3.63) is 29.8 Å². The Labute approximate surface area is 83.8 Å². The number of amides is 1. The molecule has 0 aliphatic carbocycles. The van der Waals surface area contributed by atoms with Gasteiger partial charge < -0.3 is 10.4 Å². The maximum absolute atomic E-state index is 11.1. The molecule has 1 atom stereocenters. The molecule has 3 nitrogen and oxygen atoms in total. The molecule has 76 valence electrons. The number of rotatable bonds is 3. The Hall–Kier alpha value is -1.51. The van der Waals surface area contributed by atoms with Crippen molar-refractivity contribution in [1.82, 2.24) is 5.32 Å². The number of hydrogen-bond acceptors (Lipinski definition) is 2. The first kappa shape index (κ1) is 10.6. The van der Waals surface area contributed by atoms with Crippen molar-refractivity contribution in [2.45, 2.75) is 26.3 Å². The van der Waals surface area contributed by atoms with Crippen LogP contribution in [0.5, 0.6) is 5.75 Å². The second-order valence-electron chi connectivity index (χ2n) is 3.24. The van der Waals surface area contributed by atoms with Gasteiger partial charge in [-0.25, -0.2) is 0 Å². The van der Waals surface area contributed by atoms with Crippen molar-refractivity contribution in [2.24, 2.45) is 0 Å². The fourth-order valence-electron chi connectivity index (χ4n) is 1.22. The van der Waals surface area contributed by atoms with Gasteiger partial charge in [0.1, 0.15) is 5.75 Å². The molecule has 1 rings (SSSR count). The molecular weight excluding hydrogens is 178 g/mol. The van der Waals surface area contributed by atoms with E-state index >= 15 is 0 Å². The number of phenolic OH excluding ortho intramolecular Hbond substituents is 1. The van der Waals surface area contributed by atoms with Gasteiger partial charge in [0.05, 0.1) is 6.04 Å². The van der Waals surface area contributed by atoms with Gasteiger partial charge in [-0.2, -0.15) is 0 Å². The summed E-state index contributed by atoms with van der Waals surface area (Å²) in [5.41, 5.74) is 0.909. The van der Waals surface area contributed by atoms with E-state index in [1.165, 1.54) is 0 Å². The highest BCUT2D eigenvalue weighted by Gasteiger charge is 2.07. The lowest BCUT2D eigenvalue weighted by molar-refractivity contribution is -0.121. The number of carbonyl (C=O) groups excluding carboxylic acids is 1. The van der Waals surface area contributed by atoms with Crippen molar-refractivity contribution < 1.29 is 9.90 Å². The molecule has 0 bridgehead atoms. The first-order valence-corrected chi connectivity index (χ1v) is 4.71. The summed E-state index contributed by atoms with van der Waals surface area (Å²) < 4.78 is 0. The third-order valence-corrected chi connectivity index (χ3v) is 2.07. The summed E-state index contributed by atoms with van der Waals surface area (Å²) in [5, 5.41) is 12.1. The molecule has 0 saturated heterocycles. The van der Waals surface area contributed by atoms with Gasteiger partial charge in [0.25, 0.3) is 0 Å². The molecule has 14 heavy (non-hydrogen) atoms. The molecule has 1 amide bonds. The Balaban J connectivity index is 2.69. The molecule has 0 aromatic heterocycles. The van der Waals surface area contributed by atoms with E-state index in [1.54, 1.807) is 18.2 Å². The fraction of sp³-hybridized carbons (Fsp3) is 0.364. The Bertz CT molecular complexity index is 323. The highest BCUT2D eigenvalue weighted by atomic mass is 16.3. The SMILES string of the molecule is CCC(=O)NC(C)c1cccc(O)c1. The maximum Gasteiger partial charge on any atom is 0.220 e. The zero-order valence-electron chi connectivity index (χ0n) is 8.45. The molecule has 0 saturated carbocycles. The number of carbonyl (C=O) groups is 1. The van der Waals surface area contributed by atoms with Gasteiger partial charge in [0, 0.05) is 6.42 Å². The van der Waals surface area contributed by atoms with E-state index in [0.29, 0.717) is 6.42 Å². The third kappa shape index (κ3) is 2.76. The van der Waals surface area contributed by atoms with Crippen molar-refractivity contribution in [1.29, 1.82) is 0 Å². The minimum atomic E-state index is -0.0606. The van der Waals surface area contributed by atoms with Crippen LogP contribution in [0.3, 0.4) is 0 Å². The lowest BCUT2D eigenvalue weighted by Crippen LogP contribution is -2.25. The van der Waals surface area contributed by atoms with Gasteiger partial charge in [0.2, 0.25) is 5.91 Å². The Morgan fingerprint density at radius 2 is 2.29 bits per heavy atom. The average Bonchev–Trinajstić information content (AvgIpc) is 2.17. The van der Waals surface area contributed by atoms with Crippen molar-refractivity contribution in [3.63, 3.8) is 0 Å². The van der Waals surface area contributed by atoms with Crippen LogP contribution in [0.1, 0.15) is 31.9 Å². The van der Waals surface area contributed by atoms with E-state index in [1.807, 2.05) is 19.9 Å². The second-order valence-corrected chi connectivity index (χ2v) is 3.24. The van der Waals surface area contributed by atoms with Crippen molar-refractivity contribution >= 4 is 5.91 Å². The highest BCUT2D eigenvalue weighted by Crippen LogP contribution is 2.17. The Morgan fingerprint density at radius 1 is 1.57 bits per heavy atom. The van der Waals surface area contributed by atoms with Gasteiger partial charge in [0.15, 0.2) is 0 Å². The van der Waals surface area contributed by atoms with Crippen molar-refractivity contribution in [2.75, 3.05) is 0 Å². The fourth-order valence-corrected chi connectivity index (χ4v) is 1.22. The molecule has 1 unspecified atom stereocenters. The molecule has 0 spiro atoms. The number of hydrogen-bond donors (Lipinski definition) is 2. The normalized spacial score (nSPS) is 12.1. The monoisotopic (exact) mass is 193 g/mol. The van der Waals surface area contributed by atoms with Crippen LogP contribution in [-0.2, 0) is 4.79 Å². The van der Waals surface area contributed by atoms with Crippen molar-refractivity contribution in [3.8, 4) is 5.75 Å². The summed E-state index contributed by atoms with van der Waals surface area (Å²) >= 11 is 0. The summed E-state index contributed by atoms with van der Waals surface area (Å²) in [4.78, 5) is 11.1. The molecule has 0 radical (unpaired) electrons. The lowest BCUT2D eigenvalue weighted by Gasteiger charge is -2.13. The zero-order valence-corrected chi connectivity index (χ0v) is 8.45. The summed E-state index contributed by atoms with van der Waals surface area (Å²) in [5.74, 6) is 0.237. The number of benzene rings is 1. The van der Waals surface area contributed by atoms with Gasteiger partial charge in [-0.15, -0.1) is 0 Å². The summed E-state index contributed by atoms with van der Waals surface area (Å²) in [6.07, 6.45) is 0.475. The Morgan fingerprint density at radius 3 is 2.86 bits per heavy atom. The topological polar surface area (TPSA) is 49.3 Å². The molecule has 0 aliphatic rings. The number of aromatic hydroxyl groups is 1. The number of phenols is 1. The summed E-state index contributed by atoms with van der Waals surface area (Å²) in [6.45, 7) is 3.70. The minimum Gasteiger partial charge on any atom is -0.508 e. The molecule has 3 heteroatoms. The van der Waals surface area contributed by atoms with Gasteiger partial charge in [-0.1, -0.05) is 19.1 Å². The van der Waals surface area contributed by atoms with Crippen LogP contribution in [0, 0.1) is 0 Å². The summed E-state index contributed by atoms with van der Waals surface area (Å²) in [6, 6.07) is 6.84. The van der Waals surface area contributed by atoms with E-state index in [-0.39, 0.29) is 17.7 Å². The van der Waals surface area contributed by atoms with Crippen LogP contribution in [0.15, 0.2) is 24.3 Å². The van der Waals surface area contributed by atoms with Crippen LogP contribution in [0.25, 0.3) is 0 Å². The number of nitrogens with one attached hydrogen (secondary N) is 1. The van der Waals surface area contributed by atoms with Crippen LogP contribution >= 0.6 is 0 Å². The van der Waals surface area contributed by atoms with Gasteiger partial charge in [-0.3, -0.25) is 4.79 Å². The highest BCUT2D eigenvalue weighted by molar-refractivity contribution is 5.76. The van der Waals surface area contributed by atoms with E-state index in [0.717, 1.165) is 5.56 Å². The molecule has 0 aliphatic heterocycles. The predicted octanol–water partition coefficient (Wildman–Crippen LogP) is 1.98. The predicted molar refractivity (Wildman–Crippen MR) is 55.0 cm³/mol. The maximum atomic E-state index is 11.1. The van der Waals surface area contributed by atoms with E-state index in [2.05, 4.69) is 5.32 Å².